The van der Waals surface area contributed by atoms with E-state index in [2.05, 4.69) is 23.0 Å². The van der Waals surface area contributed by atoms with E-state index in [1.54, 1.807) is 28.5 Å². The zero-order chi connectivity index (χ0) is 23.2. The number of morpholine rings is 1. The Hall–Kier alpha value is -2.93. The first-order chi connectivity index (χ1) is 16.1. The van der Waals surface area contributed by atoms with Gasteiger partial charge < -0.3 is 24.0 Å². The maximum Gasteiger partial charge on any atom is 0.260 e. The molecule has 0 N–H and O–H groups in total. The Balaban J connectivity index is 1.48. The van der Waals surface area contributed by atoms with Gasteiger partial charge in [0, 0.05) is 37.3 Å². The minimum Gasteiger partial charge on any atom is -0.490 e. The van der Waals surface area contributed by atoms with Gasteiger partial charge in [0.25, 0.3) is 5.91 Å². The molecular formula is C24H28N4O4S. The molecule has 2 aliphatic heterocycles. The fourth-order valence-electron chi connectivity index (χ4n) is 3.89. The normalized spacial score (nSPS) is 16.5. The van der Waals surface area contributed by atoms with Crippen molar-refractivity contribution in [3.63, 3.8) is 0 Å². The zero-order valence-electron chi connectivity index (χ0n) is 19.0. The number of carbonyl (C=O) groups excluding carboxylic acids is 1. The van der Waals surface area contributed by atoms with Crippen LogP contribution in [0.2, 0.25) is 0 Å². The molecule has 4 rings (SSSR count). The van der Waals surface area contributed by atoms with Gasteiger partial charge in [0.1, 0.15) is 11.1 Å². The van der Waals surface area contributed by atoms with Crippen molar-refractivity contribution in [2.75, 3.05) is 53.1 Å². The van der Waals surface area contributed by atoms with E-state index in [1.165, 1.54) is 4.88 Å². The summed E-state index contributed by atoms with van der Waals surface area (Å²) >= 11 is 1.58. The van der Waals surface area contributed by atoms with Crippen molar-refractivity contribution in [3.8, 4) is 17.6 Å². The lowest BCUT2D eigenvalue weighted by molar-refractivity contribution is -0.137. The Bertz CT molecular complexity index is 1070. The first kappa shape index (κ1) is 23.2. The number of ether oxygens (including phenoxy) is 3. The summed E-state index contributed by atoms with van der Waals surface area (Å²) in [6.07, 6.45) is 2.62. The molecule has 33 heavy (non-hydrogen) atoms. The van der Waals surface area contributed by atoms with Crippen LogP contribution in [0.5, 0.6) is 11.5 Å². The third-order valence-corrected chi connectivity index (χ3v) is 6.78. The van der Waals surface area contributed by atoms with Crippen LogP contribution >= 0.6 is 11.3 Å². The van der Waals surface area contributed by atoms with Crippen molar-refractivity contribution >= 4 is 28.5 Å². The third kappa shape index (κ3) is 5.53. The Morgan fingerprint density at radius 2 is 2.09 bits per heavy atom. The molecule has 0 atom stereocenters. The number of fused-ring (bicyclic) bond motifs is 1. The minimum absolute atomic E-state index is 0.0474. The minimum atomic E-state index is -0.0669. The van der Waals surface area contributed by atoms with Crippen LogP contribution in [0.3, 0.4) is 0 Å². The zero-order valence-corrected chi connectivity index (χ0v) is 19.8. The average molecular weight is 469 g/mol. The molecule has 0 unspecified atom stereocenters. The van der Waals surface area contributed by atoms with Gasteiger partial charge in [0.05, 0.1) is 25.4 Å². The van der Waals surface area contributed by atoms with Gasteiger partial charge in [-0.05, 0) is 49.7 Å². The highest BCUT2D eigenvalue weighted by Gasteiger charge is 2.22. The second kappa shape index (κ2) is 10.8. The number of aliphatic imine (C=N–C) groups is 1. The van der Waals surface area contributed by atoms with Crippen LogP contribution in [0.25, 0.3) is 0 Å². The number of thiophene rings is 1. The Labute approximate surface area is 198 Å². The molecule has 3 heterocycles. The number of likely N-dealkylation sites (N-methyl/N-ethyl adjacent to an activating group) is 1. The number of nitrogens with zero attached hydrogens (tertiary/aromatic N) is 4. The van der Waals surface area contributed by atoms with Gasteiger partial charge in [0.15, 0.2) is 18.1 Å². The summed E-state index contributed by atoms with van der Waals surface area (Å²) in [6, 6.07) is 7.84. The summed E-state index contributed by atoms with van der Waals surface area (Å²) in [5, 5.41) is 10.4. The lowest BCUT2D eigenvalue weighted by atomic mass is 10.0. The van der Waals surface area contributed by atoms with E-state index in [-0.39, 0.29) is 12.5 Å². The van der Waals surface area contributed by atoms with Crippen molar-refractivity contribution < 1.29 is 19.0 Å². The van der Waals surface area contributed by atoms with E-state index in [9.17, 15) is 10.1 Å². The van der Waals surface area contributed by atoms with Crippen LogP contribution < -0.4 is 9.47 Å². The number of amides is 1. The van der Waals surface area contributed by atoms with E-state index in [0.29, 0.717) is 50.0 Å². The number of hydrogen-bond acceptors (Lipinski definition) is 8. The molecule has 1 amide bonds. The number of hydrogen-bond donors (Lipinski definition) is 0. The van der Waals surface area contributed by atoms with Crippen LogP contribution in [0.1, 0.15) is 28.5 Å². The van der Waals surface area contributed by atoms with Crippen molar-refractivity contribution in [2.24, 2.45) is 4.99 Å². The van der Waals surface area contributed by atoms with Crippen LogP contribution in [0.15, 0.2) is 23.2 Å². The summed E-state index contributed by atoms with van der Waals surface area (Å²) in [6.45, 7) is 6.42. The van der Waals surface area contributed by atoms with E-state index in [0.717, 1.165) is 35.6 Å². The molecule has 174 valence electrons. The number of carbonyl (C=O) groups is 1. The topological polar surface area (TPSA) is 87.4 Å². The number of benzene rings is 1. The molecule has 2 aromatic rings. The molecule has 9 heteroatoms. The first-order valence-corrected chi connectivity index (χ1v) is 11.9. The molecule has 0 aliphatic carbocycles. The van der Waals surface area contributed by atoms with E-state index in [4.69, 9.17) is 14.2 Å². The van der Waals surface area contributed by atoms with E-state index < -0.39 is 0 Å². The van der Waals surface area contributed by atoms with E-state index in [1.807, 2.05) is 19.1 Å². The molecule has 1 aromatic carbocycles. The molecule has 1 saturated heterocycles. The monoisotopic (exact) mass is 468 g/mol. The van der Waals surface area contributed by atoms with Crippen molar-refractivity contribution in [2.45, 2.75) is 19.9 Å². The lowest BCUT2D eigenvalue weighted by Crippen LogP contribution is -2.43. The van der Waals surface area contributed by atoms with Crippen LogP contribution in [-0.4, -0.2) is 75.0 Å². The Morgan fingerprint density at radius 3 is 2.85 bits per heavy atom. The van der Waals surface area contributed by atoms with Gasteiger partial charge in [-0.1, -0.05) is 0 Å². The van der Waals surface area contributed by atoms with Gasteiger partial charge in [0.2, 0.25) is 0 Å². The number of nitriles is 1. The molecule has 0 spiro atoms. The van der Waals surface area contributed by atoms with Gasteiger partial charge in [-0.2, -0.15) is 5.26 Å². The van der Waals surface area contributed by atoms with Crippen LogP contribution in [0, 0.1) is 11.3 Å². The summed E-state index contributed by atoms with van der Waals surface area (Å²) in [4.78, 5) is 22.2. The molecule has 0 saturated carbocycles. The SMILES string of the molecule is CCOc1cc(C=Nc2sc3c(c2C#N)CCN(C)C3)ccc1OCC(=O)N1CCOCC1. The second-order valence-electron chi connectivity index (χ2n) is 7.96. The number of rotatable bonds is 7. The fourth-order valence-corrected chi connectivity index (χ4v) is 5.11. The van der Waals surface area contributed by atoms with E-state index >= 15 is 0 Å². The average Bonchev–Trinajstić information content (AvgIpc) is 3.19. The third-order valence-electron chi connectivity index (χ3n) is 5.65. The summed E-state index contributed by atoms with van der Waals surface area (Å²) in [5.41, 5.74) is 2.65. The maximum absolute atomic E-state index is 12.4. The highest BCUT2D eigenvalue weighted by molar-refractivity contribution is 7.16. The van der Waals surface area contributed by atoms with Gasteiger partial charge in [-0.25, -0.2) is 4.99 Å². The van der Waals surface area contributed by atoms with Gasteiger partial charge >= 0.3 is 0 Å². The molecule has 0 radical (unpaired) electrons. The second-order valence-corrected chi connectivity index (χ2v) is 9.05. The molecule has 8 nitrogen and oxygen atoms in total. The largest absolute Gasteiger partial charge is 0.490 e. The molecule has 1 fully saturated rings. The van der Waals surface area contributed by atoms with Crippen LogP contribution in [0.4, 0.5) is 5.00 Å². The smallest absolute Gasteiger partial charge is 0.260 e. The Morgan fingerprint density at radius 1 is 1.27 bits per heavy atom. The quantitative estimate of drug-likeness (QED) is 0.581. The summed E-state index contributed by atoms with van der Waals surface area (Å²) in [5.74, 6) is 1.01. The predicted molar refractivity (Wildman–Crippen MR) is 127 cm³/mol. The van der Waals surface area contributed by atoms with Gasteiger partial charge in [-0.3, -0.25) is 4.79 Å². The molecule has 1 aromatic heterocycles. The van der Waals surface area contributed by atoms with Crippen LogP contribution in [-0.2, 0) is 22.5 Å². The van der Waals surface area contributed by atoms with Crippen molar-refractivity contribution in [1.82, 2.24) is 9.80 Å². The highest BCUT2D eigenvalue weighted by Crippen LogP contribution is 2.38. The Kier molecular flexibility index (Phi) is 7.60. The van der Waals surface area contributed by atoms with Crippen molar-refractivity contribution in [3.05, 3.63) is 39.8 Å². The van der Waals surface area contributed by atoms with Gasteiger partial charge in [-0.15, -0.1) is 11.3 Å². The summed E-state index contributed by atoms with van der Waals surface area (Å²) < 4.78 is 16.8. The fraction of sp³-hybridized carbons (Fsp3) is 0.458. The first-order valence-electron chi connectivity index (χ1n) is 11.1. The summed E-state index contributed by atoms with van der Waals surface area (Å²) in [7, 11) is 2.09. The standard InChI is InChI=1S/C24H28N4O4S/c1-3-31-21-12-17(4-5-20(21)32-16-23(29)28-8-10-30-11-9-28)14-26-24-19(13-25)18-6-7-27(2)15-22(18)33-24/h4-5,12,14H,3,6-11,15-16H2,1-2H3. The highest BCUT2D eigenvalue weighted by atomic mass is 32.1. The van der Waals surface area contributed by atoms with Crippen molar-refractivity contribution in [1.29, 1.82) is 5.26 Å². The lowest BCUT2D eigenvalue weighted by Gasteiger charge is -2.26. The molecule has 0 bridgehead atoms. The predicted octanol–water partition coefficient (Wildman–Crippen LogP) is 2.99. The molecular weight excluding hydrogens is 440 g/mol. The maximum atomic E-state index is 12.4. The molecule has 2 aliphatic rings.